The molecule has 3 amide bonds. The normalized spacial score (nSPS) is 20.5. The van der Waals surface area contributed by atoms with E-state index in [9.17, 15) is 14.7 Å². The number of primary amides is 1. The zero-order valence-electron chi connectivity index (χ0n) is 7.41. The van der Waals surface area contributed by atoms with Gasteiger partial charge in [-0.15, -0.1) is 0 Å². The summed E-state index contributed by atoms with van der Waals surface area (Å²) >= 11 is 0. The van der Waals surface area contributed by atoms with Crippen molar-refractivity contribution in [3.05, 3.63) is 0 Å². The maximum Gasteiger partial charge on any atom is 0.318 e. The van der Waals surface area contributed by atoms with Gasteiger partial charge in [-0.2, -0.15) is 0 Å². The third kappa shape index (κ3) is 3.00. The molecule has 0 unspecified atom stereocenters. The molecule has 0 aromatic rings. The highest BCUT2D eigenvalue weighted by Crippen LogP contribution is 2.18. The summed E-state index contributed by atoms with van der Waals surface area (Å²) in [6, 6.07) is -0.850. The highest BCUT2D eigenvalue weighted by atomic mass is 16.3. The van der Waals surface area contributed by atoms with Crippen LogP contribution in [0.3, 0.4) is 0 Å². The Labute approximate surface area is 75.7 Å². The molecule has 6 heteroatoms. The molecular weight excluding hydrogens is 174 g/mol. The van der Waals surface area contributed by atoms with Crippen LogP contribution in [0.4, 0.5) is 4.79 Å². The van der Waals surface area contributed by atoms with Crippen molar-refractivity contribution in [2.75, 3.05) is 19.6 Å². The van der Waals surface area contributed by atoms with Crippen molar-refractivity contribution in [3.63, 3.8) is 0 Å². The number of carbonyl (C=O) groups excluding carboxylic acids is 2. The number of aliphatic hydroxyl groups is 1. The first-order valence-electron chi connectivity index (χ1n) is 3.93. The van der Waals surface area contributed by atoms with E-state index < -0.39 is 17.5 Å². The minimum Gasteiger partial charge on any atom is -0.388 e. The molecule has 0 aromatic heterocycles. The van der Waals surface area contributed by atoms with Crippen LogP contribution < -0.4 is 11.1 Å². The Balaban J connectivity index is 2.20. The second kappa shape index (κ2) is 3.31. The standard InChI is InChI=1S/C7H13N3O3/c1-7(13)3-10(4-7)2-5(11)9-6(8)12/h13H,2-4H2,1H3,(H3,8,9,11,12). The van der Waals surface area contributed by atoms with Gasteiger partial charge in [-0.05, 0) is 6.92 Å². The number of nitrogens with one attached hydrogen (secondary N) is 1. The maximum atomic E-state index is 10.9. The van der Waals surface area contributed by atoms with Crippen LogP contribution in [0.1, 0.15) is 6.92 Å². The molecule has 0 saturated carbocycles. The lowest BCUT2D eigenvalue weighted by Crippen LogP contribution is -2.61. The summed E-state index contributed by atoms with van der Waals surface area (Å²) in [5.74, 6) is -0.442. The largest absolute Gasteiger partial charge is 0.388 e. The number of carbonyl (C=O) groups is 2. The Morgan fingerprint density at radius 1 is 1.62 bits per heavy atom. The Morgan fingerprint density at radius 3 is 2.54 bits per heavy atom. The first-order valence-corrected chi connectivity index (χ1v) is 3.93. The summed E-state index contributed by atoms with van der Waals surface area (Å²) in [4.78, 5) is 22.9. The first-order chi connectivity index (χ1) is 5.89. The van der Waals surface area contributed by atoms with Crippen LogP contribution in [0, 0.1) is 0 Å². The van der Waals surface area contributed by atoms with Crippen molar-refractivity contribution in [2.24, 2.45) is 5.73 Å². The molecule has 1 aliphatic rings. The smallest absolute Gasteiger partial charge is 0.318 e. The zero-order chi connectivity index (χ0) is 10.1. The Bertz CT molecular complexity index is 231. The van der Waals surface area contributed by atoms with Crippen LogP contribution in [0.2, 0.25) is 0 Å². The number of likely N-dealkylation sites (tertiary alicyclic amines) is 1. The SMILES string of the molecule is CC1(O)CN(CC(=O)NC(N)=O)C1. The van der Waals surface area contributed by atoms with Crippen LogP contribution >= 0.6 is 0 Å². The third-order valence-electron chi connectivity index (χ3n) is 1.76. The second-order valence-corrected chi connectivity index (χ2v) is 3.55. The van der Waals surface area contributed by atoms with E-state index in [-0.39, 0.29) is 6.54 Å². The Morgan fingerprint density at radius 2 is 2.15 bits per heavy atom. The second-order valence-electron chi connectivity index (χ2n) is 3.55. The van der Waals surface area contributed by atoms with E-state index in [4.69, 9.17) is 5.73 Å². The topological polar surface area (TPSA) is 95.7 Å². The van der Waals surface area contributed by atoms with Crippen molar-refractivity contribution in [2.45, 2.75) is 12.5 Å². The molecule has 1 saturated heterocycles. The Kier molecular flexibility index (Phi) is 2.53. The first kappa shape index (κ1) is 9.94. The minimum absolute atomic E-state index is 0.0963. The predicted octanol–water partition coefficient (Wildman–Crippen LogP) is -1.75. The molecule has 0 radical (unpaired) electrons. The Hall–Kier alpha value is -1.14. The molecule has 74 valence electrons. The van der Waals surface area contributed by atoms with E-state index in [1.54, 1.807) is 11.8 Å². The summed E-state index contributed by atoms with van der Waals surface area (Å²) < 4.78 is 0. The minimum atomic E-state index is -0.850. The molecule has 1 aliphatic heterocycles. The third-order valence-corrected chi connectivity index (χ3v) is 1.76. The van der Waals surface area contributed by atoms with Crippen molar-refractivity contribution >= 4 is 11.9 Å². The zero-order valence-corrected chi connectivity index (χ0v) is 7.41. The number of imide groups is 1. The van der Waals surface area contributed by atoms with Crippen molar-refractivity contribution in [3.8, 4) is 0 Å². The molecule has 0 aromatic carbocycles. The summed E-state index contributed by atoms with van der Waals surface area (Å²) in [7, 11) is 0. The number of nitrogens with two attached hydrogens (primary N) is 1. The van der Waals surface area contributed by atoms with Gasteiger partial charge in [0.2, 0.25) is 5.91 Å². The monoisotopic (exact) mass is 187 g/mol. The summed E-state index contributed by atoms with van der Waals surface area (Å²) in [6.45, 7) is 2.67. The van der Waals surface area contributed by atoms with Crippen molar-refractivity contribution in [1.29, 1.82) is 0 Å². The van der Waals surface area contributed by atoms with Gasteiger partial charge in [-0.25, -0.2) is 4.79 Å². The highest BCUT2D eigenvalue weighted by Gasteiger charge is 2.37. The fourth-order valence-corrected chi connectivity index (χ4v) is 1.41. The van der Waals surface area contributed by atoms with Gasteiger partial charge in [-0.1, -0.05) is 0 Å². The summed E-state index contributed by atoms with van der Waals surface area (Å²) in [6.07, 6.45) is 0. The summed E-state index contributed by atoms with van der Waals surface area (Å²) in [5.41, 5.74) is 4.04. The van der Waals surface area contributed by atoms with Crippen molar-refractivity contribution < 1.29 is 14.7 Å². The molecule has 4 N–H and O–H groups in total. The average molecular weight is 187 g/mol. The van der Waals surface area contributed by atoms with Crippen LogP contribution in [0.5, 0.6) is 0 Å². The van der Waals surface area contributed by atoms with Gasteiger partial charge in [0.05, 0.1) is 12.1 Å². The number of rotatable bonds is 2. The van der Waals surface area contributed by atoms with Crippen molar-refractivity contribution in [1.82, 2.24) is 10.2 Å². The quantitative estimate of drug-likeness (QED) is 0.477. The molecule has 0 bridgehead atoms. The van der Waals surface area contributed by atoms with Gasteiger partial charge < -0.3 is 10.8 Å². The molecule has 0 aliphatic carbocycles. The van der Waals surface area contributed by atoms with E-state index in [2.05, 4.69) is 0 Å². The summed E-state index contributed by atoms with van der Waals surface area (Å²) in [5, 5.41) is 11.3. The maximum absolute atomic E-state index is 10.9. The number of β-amino-alcohol motifs (C(OH)–C–C–N with tert-alkyl or cyclic N) is 1. The van der Waals surface area contributed by atoms with E-state index >= 15 is 0 Å². The molecule has 1 heterocycles. The molecule has 0 spiro atoms. The van der Waals surface area contributed by atoms with E-state index in [0.717, 1.165) is 0 Å². The molecule has 0 atom stereocenters. The fraction of sp³-hybridized carbons (Fsp3) is 0.714. The van der Waals surface area contributed by atoms with Crippen LogP contribution in [-0.2, 0) is 4.79 Å². The highest BCUT2D eigenvalue weighted by molar-refractivity contribution is 5.94. The molecule has 13 heavy (non-hydrogen) atoms. The molecule has 6 nitrogen and oxygen atoms in total. The van der Waals surface area contributed by atoms with Gasteiger partial charge in [0.15, 0.2) is 0 Å². The van der Waals surface area contributed by atoms with E-state index in [0.29, 0.717) is 13.1 Å². The van der Waals surface area contributed by atoms with Gasteiger partial charge in [0.1, 0.15) is 0 Å². The van der Waals surface area contributed by atoms with Gasteiger partial charge in [-0.3, -0.25) is 15.0 Å². The number of hydrogen-bond donors (Lipinski definition) is 3. The van der Waals surface area contributed by atoms with Gasteiger partial charge >= 0.3 is 6.03 Å². The lowest BCUT2D eigenvalue weighted by atomic mass is 9.97. The van der Waals surface area contributed by atoms with E-state index in [1.165, 1.54) is 0 Å². The molecular formula is C7H13N3O3. The van der Waals surface area contributed by atoms with Gasteiger partial charge in [0.25, 0.3) is 0 Å². The number of amides is 3. The lowest BCUT2D eigenvalue weighted by Gasteiger charge is -2.43. The fourth-order valence-electron chi connectivity index (χ4n) is 1.41. The predicted molar refractivity (Wildman–Crippen MR) is 44.8 cm³/mol. The lowest BCUT2D eigenvalue weighted by molar-refractivity contribution is -0.129. The number of nitrogens with zero attached hydrogens (tertiary/aromatic N) is 1. The van der Waals surface area contributed by atoms with Crippen LogP contribution in [0.15, 0.2) is 0 Å². The molecule has 1 rings (SSSR count). The van der Waals surface area contributed by atoms with Crippen LogP contribution in [0.25, 0.3) is 0 Å². The average Bonchev–Trinajstić information content (AvgIpc) is 1.79. The number of urea groups is 1. The molecule has 1 fully saturated rings. The number of hydrogen-bond acceptors (Lipinski definition) is 4. The van der Waals surface area contributed by atoms with Crippen LogP contribution in [-0.4, -0.2) is 47.2 Å². The van der Waals surface area contributed by atoms with Gasteiger partial charge in [0, 0.05) is 13.1 Å². The van der Waals surface area contributed by atoms with E-state index in [1.807, 2.05) is 5.32 Å².